The van der Waals surface area contributed by atoms with Gasteiger partial charge in [0.1, 0.15) is 16.6 Å². The van der Waals surface area contributed by atoms with Crippen molar-refractivity contribution in [2.75, 3.05) is 0 Å². The molecule has 0 saturated heterocycles. The van der Waals surface area contributed by atoms with Crippen molar-refractivity contribution in [3.05, 3.63) is 66.5 Å². The highest BCUT2D eigenvalue weighted by molar-refractivity contribution is 6.42. The number of rotatable bonds is 4. The lowest BCUT2D eigenvalue weighted by Crippen LogP contribution is -2.24. The summed E-state index contributed by atoms with van der Waals surface area (Å²) in [5.74, 6) is -0.419. The van der Waals surface area contributed by atoms with Crippen LogP contribution in [0.1, 0.15) is 5.56 Å². The van der Waals surface area contributed by atoms with Gasteiger partial charge in [0.05, 0.1) is 16.3 Å². The van der Waals surface area contributed by atoms with Gasteiger partial charge in [-0.3, -0.25) is 9.59 Å². The van der Waals surface area contributed by atoms with Crippen LogP contribution in [-0.4, -0.2) is 16.7 Å². The van der Waals surface area contributed by atoms with Crippen LogP contribution in [0.2, 0.25) is 20.1 Å². The molecule has 1 N–H and O–H groups in total. The summed E-state index contributed by atoms with van der Waals surface area (Å²) in [6, 6.07) is 4.93. The quantitative estimate of drug-likeness (QED) is 0.638. The predicted molar refractivity (Wildman–Crippen MR) is 92.9 cm³/mol. The summed E-state index contributed by atoms with van der Waals surface area (Å²) >= 11 is 23.1. The van der Waals surface area contributed by atoms with Crippen molar-refractivity contribution in [2.24, 2.45) is 5.10 Å². The number of hydrazone groups is 1. The third kappa shape index (κ3) is 4.97. The molecule has 0 unspecified atom stereocenters. The Morgan fingerprint density at radius 1 is 1.09 bits per heavy atom. The lowest BCUT2D eigenvalue weighted by atomic mass is 10.2. The van der Waals surface area contributed by atoms with E-state index in [0.717, 1.165) is 0 Å². The Kier molecular flexibility index (Phi) is 6.07. The highest BCUT2D eigenvalue weighted by Crippen LogP contribution is 2.21. The Bertz CT molecular complexity index is 807. The second-order valence-corrected chi connectivity index (χ2v) is 6.05. The highest BCUT2D eigenvalue weighted by atomic mass is 35.5. The summed E-state index contributed by atoms with van der Waals surface area (Å²) in [5, 5.41) is 4.49. The van der Waals surface area contributed by atoms with E-state index in [-0.39, 0.29) is 16.6 Å². The molecule has 1 heterocycles. The maximum absolute atomic E-state index is 11.8. The van der Waals surface area contributed by atoms with E-state index >= 15 is 0 Å². The molecule has 120 valence electrons. The number of pyridine rings is 1. The van der Waals surface area contributed by atoms with Gasteiger partial charge in [-0.1, -0.05) is 52.5 Å². The van der Waals surface area contributed by atoms with E-state index in [2.05, 4.69) is 10.5 Å². The molecule has 1 amide bonds. The number of aromatic nitrogens is 1. The van der Waals surface area contributed by atoms with Gasteiger partial charge in [-0.15, -0.1) is 0 Å². The molecule has 0 spiro atoms. The topological polar surface area (TPSA) is 63.5 Å². The van der Waals surface area contributed by atoms with E-state index in [4.69, 9.17) is 46.4 Å². The van der Waals surface area contributed by atoms with Gasteiger partial charge >= 0.3 is 0 Å². The molecule has 2 rings (SSSR count). The van der Waals surface area contributed by atoms with Crippen LogP contribution < -0.4 is 10.9 Å². The maximum atomic E-state index is 11.8. The molecule has 1 aromatic carbocycles. The molecule has 0 fully saturated rings. The fraction of sp³-hybridized carbons (Fsp3) is 0.0714. The van der Waals surface area contributed by atoms with Gasteiger partial charge in [0.25, 0.3) is 5.91 Å². The minimum atomic E-state index is -0.484. The molecule has 0 radical (unpaired) electrons. The monoisotopic (exact) mass is 391 g/mol. The van der Waals surface area contributed by atoms with E-state index in [1.165, 1.54) is 23.2 Å². The summed E-state index contributed by atoms with van der Waals surface area (Å²) in [7, 11) is 0. The maximum Gasteiger partial charge on any atom is 0.259 e. The molecule has 0 aliphatic carbocycles. The first-order chi connectivity index (χ1) is 10.9. The summed E-state index contributed by atoms with van der Waals surface area (Å²) in [6.45, 7) is -0.0988. The van der Waals surface area contributed by atoms with E-state index in [1.54, 1.807) is 18.2 Å². The zero-order valence-corrected chi connectivity index (χ0v) is 14.4. The number of nitrogens with zero attached hydrogens (tertiary/aromatic N) is 2. The lowest BCUT2D eigenvalue weighted by Gasteiger charge is -2.06. The average Bonchev–Trinajstić information content (AvgIpc) is 2.48. The molecule has 23 heavy (non-hydrogen) atoms. The van der Waals surface area contributed by atoms with Gasteiger partial charge in [0.15, 0.2) is 0 Å². The third-order valence-electron chi connectivity index (χ3n) is 2.66. The number of amides is 1. The van der Waals surface area contributed by atoms with Crippen LogP contribution in [0.15, 0.2) is 40.5 Å². The normalized spacial score (nSPS) is 11.0. The predicted octanol–water partition coefficient (Wildman–Crippen LogP) is 3.61. The molecule has 0 atom stereocenters. The molecular formula is C14H9Cl4N3O2. The van der Waals surface area contributed by atoms with Crippen molar-refractivity contribution in [1.82, 2.24) is 9.99 Å². The lowest BCUT2D eigenvalue weighted by molar-refractivity contribution is -0.121. The van der Waals surface area contributed by atoms with Gasteiger partial charge in [0.2, 0.25) is 5.43 Å². The van der Waals surface area contributed by atoms with Gasteiger partial charge in [-0.2, -0.15) is 5.10 Å². The molecule has 2 aromatic rings. The molecule has 0 aliphatic heterocycles. The summed E-state index contributed by atoms with van der Waals surface area (Å²) in [5.41, 5.74) is 2.53. The molecular weight excluding hydrogens is 384 g/mol. The Labute approximate surface area is 151 Å². The molecule has 9 heteroatoms. The fourth-order valence-electron chi connectivity index (χ4n) is 1.62. The first-order valence-corrected chi connectivity index (χ1v) is 7.70. The minimum absolute atomic E-state index is 0.0652. The largest absolute Gasteiger partial charge is 0.342 e. The van der Waals surface area contributed by atoms with Crippen LogP contribution >= 0.6 is 46.4 Å². The summed E-state index contributed by atoms with van der Waals surface area (Å²) in [4.78, 5) is 23.1. The van der Waals surface area contributed by atoms with Crippen molar-refractivity contribution < 1.29 is 4.79 Å². The van der Waals surface area contributed by atoms with Gasteiger partial charge in [0, 0.05) is 12.4 Å². The fourth-order valence-corrected chi connectivity index (χ4v) is 2.43. The Balaban J connectivity index is 1.98. The van der Waals surface area contributed by atoms with Crippen LogP contribution in [0.25, 0.3) is 0 Å². The van der Waals surface area contributed by atoms with Crippen LogP contribution in [-0.2, 0) is 11.3 Å². The first kappa shape index (κ1) is 17.8. The Morgan fingerprint density at radius 3 is 2.35 bits per heavy atom. The highest BCUT2D eigenvalue weighted by Gasteiger charge is 2.06. The minimum Gasteiger partial charge on any atom is -0.342 e. The van der Waals surface area contributed by atoms with Crippen molar-refractivity contribution in [3.63, 3.8) is 0 Å². The van der Waals surface area contributed by atoms with Crippen molar-refractivity contribution in [3.8, 4) is 0 Å². The third-order valence-corrected chi connectivity index (χ3v) is 3.94. The van der Waals surface area contributed by atoms with Gasteiger partial charge < -0.3 is 4.57 Å². The number of carbonyl (C=O) groups is 1. The van der Waals surface area contributed by atoms with E-state index in [9.17, 15) is 9.59 Å². The van der Waals surface area contributed by atoms with E-state index in [0.29, 0.717) is 15.6 Å². The first-order valence-electron chi connectivity index (χ1n) is 6.19. The standard InChI is InChI=1S/C14H9Cl4N3O2/c15-9-2-1-8(3-10(9)16)4-19-20-13(22)7-21-5-11(17)14(23)12(18)6-21/h1-6H,7H2,(H,20,22). The summed E-state index contributed by atoms with van der Waals surface area (Å²) in [6.07, 6.45) is 4.06. The number of halogens is 4. The van der Waals surface area contributed by atoms with Crippen LogP contribution in [0.5, 0.6) is 0 Å². The zero-order valence-electron chi connectivity index (χ0n) is 11.4. The van der Waals surface area contributed by atoms with E-state index in [1.807, 2.05) is 0 Å². The number of hydrogen-bond acceptors (Lipinski definition) is 3. The molecule has 1 aromatic heterocycles. The second-order valence-electron chi connectivity index (χ2n) is 4.42. The SMILES string of the molecule is O=C(Cn1cc(Cl)c(=O)c(Cl)c1)NN=Cc1ccc(Cl)c(Cl)c1. The molecule has 0 bridgehead atoms. The van der Waals surface area contributed by atoms with Crippen LogP contribution in [0.3, 0.4) is 0 Å². The van der Waals surface area contributed by atoms with E-state index < -0.39 is 11.3 Å². The van der Waals surface area contributed by atoms with Crippen molar-refractivity contribution in [1.29, 1.82) is 0 Å². The number of nitrogens with one attached hydrogen (secondary N) is 1. The molecule has 5 nitrogen and oxygen atoms in total. The number of carbonyl (C=O) groups excluding carboxylic acids is 1. The van der Waals surface area contributed by atoms with Crippen molar-refractivity contribution >= 4 is 58.5 Å². The van der Waals surface area contributed by atoms with Crippen LogP contribution in [0.4, 0.5) is 0 Å². The Morgan fingerprint density at radius 2 is 1.74 bits per heavy atom. The molecule has 0 saturated carbocycles. The average molecular weight is 393 g/mol. The number of hydrogen-bond donors (Lipinski definition) is 1. The van der Waals surface area contributed by atoms with Gasteiger partial charge in [-0.05, 0) is 17.7 Å². The molecule has 0 aliphatic rings. The van der Waals surface area contributed by atoms with Crippen molar-refractivity contribution in [2.45, 2.75) is 6.54 Å². The smallest absolute Gasteiger partial charge is 0.259 e. The summed E-state index contributed by atoms with van der Waals surface area (Å²) < 4.78 is 1.38. The number of benzene rings is 1. The zero-order chi connectivity index (χ0) is 17.0. The Hall–Kier alpha value is -1.53. The van der Waals surface area contributed by atoms with Crippen LogP contribution in [0, 0.1) is 0 Å². The van der Waals surface area contributed by atoms with Gasteiger partial charge in [-0.25, -0.2) is 5.43 Å². The second kappa shape index (κ2) is 7.84.